The van der Waals surface area contributed by atoms with Crippen molar-refractivity contribution < 1.29 is 19.1 Å². The Morgan fingerprint density at radius 1 is 0.759 bits per heavy atom. The summed E-state index contributed by atoms with van der Waals surface area (Å²) in [6, 6.07) is 20.0. The van der Waals surface area contributed by atoms with Crippen molar-refractivity contribution in [2.45, 2.75) is 0 Å². The fraction of sp³-hybridized carbons (Fsp3) is 0.0455. The number of fused-ring (bicyclic) bond motifs is 1. The quantitative estimate of drug-likeness (QED) is 0.712. The Morgan fingerprint density at radius 3 is 1.93 bits per heavy atom. The number of amides is 2. The molecule has 3 aromatic rings. The monoisotopic (exact) mass is 385 g/mol. The van der Waals surface area contributed by atoms with E-state index >= 15 is 0 Å². The van der Waals surface area contributed by atoms with E-state index in [2.05, 4.69) is 10.6 Å². The largest absolute Gasteiger partial charge is 0.454 e. The van der Waals surface area contributed by atoms with Crippen LogP contribution < -0.4 is 20.1 Å². The Bertz CT molecular complexity index is 1120. The molecule has 0 fully saturated rings. The van der Waals surface area contributed by atoms with Gasteiger partial charge in [0.2, 0.25) is 6.79 Å². The number of hydrogen-bond acceptors (Lipinski definition) is 5. The van der Waals surface area contributed by atoms with Gasteiger partial charge >= 0.3 is 0 Å². The molecule has 0 aliphatic carbocycles. The molecule has 7 nitrogen and oxygen atoms in total. The Morgan fingerprint density at radius 2 is 1.31 bits per heavy atom. The van der Waals surface area contributed by atoms with E-state index < -0.39 is 0 Å². The van der Waals surface area contributed by atoms with Gasteiger partial charge in [0.1, 0.15) is 0 Å². The average molecular weight is 385 g/mol. The lowest BCUT2D eigenvalue weighted by molar-refractivity contribution is 0.101. The minimum atomic E-state index is -0.308. The van der Waals surface area contributed by atoms with Gasteiger partial charge in [-0.1, -0.05) is 0 Å². The summed E-state index contributed by atoms with van der Waals surface area (Å²) in [6.07, 6.45) is 0. The van der Waals surface area contributed by atoms with E-state index in [4.69, 9.17) is 14.7 Å². The molecule has 1 aliphatic heterocycles. The number of nitrogens with one attached hydrogen (secondary N) is 2. The average Bonchev–Trinajstić information content (AvgIpc) is 3.22. The van der Waals surface area contributed by atoms with Gasteiger partial charge in [-0.15, -0.1) is 0 Å². The molecular weight excluding hydrogens is 370 g/mol. The van der Waals surface area contributed by atoms with E-state index in [1.807, 2.05) is 6.07 Å². The third kappa shape index (κ3) is 4.01. The SMILES string of the molecule is N#Cc1ccc(NC(=O)c2ccc(C(=O)Nc3ccc4c(c3)OCO4)cc2)cc1. The van der Waals surface area contributed by atoms with Crippen LogP contribution in [0.4, 0.5) is 11.4 Å². The van der Waals surface area contributed by atoms with Crippen LogP contribution >= 0.6 is 0 Å². The number of anilines is 2. The molecular formula is C22H15N3O4. The van der Waals surface area contributed by atoms with Gasteiger partial charge in [-0.3, -0.25) is 9.59 Å². The molecule has 0 saturated carbocycles. The molecule has 0 saturated heterocycles. The molecule has 2 amide bonds. The van der Waals surface area contributed by atoms with Gasteiger partial charge in [-0.05, 0) is 60.7 Å². The zero-order valence-corrected chi connectivity index (χ0v) is 15.1. The molecule has 3 aromatic carbocycles. The third-order valence-corrected chi connectivity index (χ3v) is 4.31. The number of hydrogen-bond donors (Lipinski definition) is 2. The van der Waals surface area contributed by atoms with E-state index in [1.165, 1.54) is 0 Å². The number of carbonyl (C=O) groups excluding carboxylic acids is 2. The highest BCUT2D eigenvalue weighted by Gasteiger charge is 2.15. The predicted molar refractivity (Wildman–Crippen MR) is 106 cm³/mol. The molecule has 0 bridgehead atoms. The molecule has 142 valence electrons. The topological polar surface area (TPSA) is 100 Å². The number of carbonyl (C=O) groups is 2. The first-order valence-corrected chi connectivity index (χ1v) is 8.75. The molecule has 2 N–H and O–H groups in total. The fourth-order valence-electron chi connectivity index (χ4n) is 2.78. The molecule has 0 unspecified atom stereocenters. The summed E-state index contributed by atoms with van der Waals surface area (Å²) in [5, 5.41) is 14.3. The van der Waals surface area contributed by atoms with Gasteiger partial charge in [-0.2, -0.15) is 5.26 Å². The highest BCUT2D eigenvalue weighted by molar-refractivity contribution is 6.07. The summed E-state index contributed by atoms with van der Waals surface area (Å²) in [6.45, 7) is 0.165. The van der Waals surface area contributed by atoms with Gasteiger partial charge in [0.25, 0.3) is 11.8 Å². The third-order valence-electron chi connectivity index (χ3n) is 4.31. The summed E-state index contributed by atoms with van der Waals surface area (Å²) in [5.41, 5.74) is 2.51. The van der Waals surface area contributed by atoms with Crippen molar-refractivity contribution in [2.24, 2.45) is 0 Å². The zero-order valence-electron chi connectivity index (χ0n) is 15.1. The molecule has 4 rings (SSSR count). The number of benzene rings is 3. The standard InChI is InChI=1S/C22H15N3O4/c23-12-14-1-7-17(8-2-14)24-21(26)15-3-5-16(6-4-15)22(27)25-18-9-10-19-20(11-18)29-13-28-19/h1-11H,13H2,(H,24,26)(H,25,27). The second-order valence-corrected chi connectivity index (χ2v) is 6.24. The Kier molecular flexibility index (Phi) is 4.82. The smallest absolute Gasteiger partial charge is 0.255 e. The lowest BCUT2D eigenvalue weighted by Crippen LogP contribution is -2.14. The first kappa shape index (κ1) is 18.1. The Balaban J connectivity index is 1.40. The van der Waals surface area contributed by atoms with Crippen molar-refractivity contribution in [3.63, 3.8) is 0 Å². The summed E-state index contributed by atoms with van der Waals surface area (Å²) in [5.74, 6) is 0.610. The van der Waals surface area contributed by atoms with Crippen LogP contribution in [0.1, 0.15) is 26.3 Å². The lowest BCUT2D eigenvalue weighted by atomic mass is 10.1. The maximum Gasteiger partial charge on any atom is 0.255 e. The molecule has 0 radical (unpaired) electrons. The summed E-state index contributed by atoms with van der Waals surface area (Å²) < 4.78 is 10.5. The van der Waals surface area contributed by atoms with Crippen LogP contribution in [0.25, 0.3) is 0 Å². The normalized spacial score (nSPS) is 11.4. The molecule has 0 spiro atoms. The van der Waals surface area contributed by atoms with Crippen LogP contribution in [0.5, 0.6) is 11.5 Å². The lowest BCUT2D eigenvalue weighted by Gasteiger charge is -2.08. The number of nitriles is 1. The highest BCUT2D eigenvalue weighted by atomic mass is 16.7. The number of ether oxygens (including phenoxy) is 2. The minimum absolute atomic E-state index is 0.165. The van der Waals surface area contributed by atoms with Crippen LogP contribution in [0.15, 0.2) is 66.7 Å². The minimum Gasteiger partial charge on any atom is -0.454 e. The molecule has 29 heavy (non-hydrogen) atoms. The van der Waals surface area contributed by atoms with Gasteiger partial charge in [0.15, 0.2) is 11.5 Å². The second kappa shape index (κ2) is 7.74. The highest BCUT2D eigenvalue weighted by Crippen LogP contribution is 2.34. The first-order chi connectivity index (χ1) is 14.1. The van der Waals surface area contributed by atoms with Crippen molar-refractivity contribution in [3.05, 3.63) is 83.4 Å². The fourth-order valence-corrected chi connectivity index (χ4v) is 2.78. The maximum absolute atomic E-state index is 12.4. The van der Waals surface area contributed by atoms with Crippen LogP contribution in [0.2, 0.25) is 0 Å². The van der Waals surface area contributed by atoms with Crippen molar-refractivity contribution in [1.82, 2.24) is 0 Å². The number of nitrogens with zero attached hydrogens (tertiary/aromatic N) is 1. The summed E-state index contributed by atoms with van der Waals surface area (Å²) in [7, 11) is 0. The van der Waals surface area contributed by atoms with E-state index in [1.54, 1.807) is 66.7 Å². The van der Waals surface area contributed by atoms with Gasteiger partial charge in [-0.25, -0.2) is 0 Å². The molecule has 0 aromatic heterocycles. The summed E-state index contributed by atoms with van der Waals surface area (Å²) in [4.78, 5) is 24.8. The van der Waals surface area contributed by atoms with E-state index in [0.29, 0.717) is 39.6 Å². The Hall–Kier alpha value is -4.31. The molecule has 0 atom stereocenters. The number of rotatable bonds is 4. The molecule has 7 heteroatoms. The maximum atomic E-state index is 12.4. The van der Waals surface area contributed by atoms with Gasteiger partial charge in [0.05, 0.1) is 11.6 Å². The van der Waals surface area contributed by atoms with Gasteiger partial charge in [0, 0.05) is 28.6 Å². The van der Waals surface area contributed by atoms with Crippen molar-refractivity contribution >= 4 is 23.2 Å². The first-order valence-electron chi connectivity index (χ1n) is 8.75. The van der Waals surface area contributed by atoms with E-state index in [9.17, 15) is 9.59 Å². The van der Waals surface area contributed by atoms with Gasteiger partial charge < -0.3 is 20.1 Å². The molecule has 1 aliphatic rings. The Labute approximate surface area is 166 Å². The predicted octanol–water partition coefficient (Wildman–Crippen LogP) is 3.79. The second-order valence-electron chi connectivity index (χ2n) is 6.24. The van der Waals surface area contributed by atoms with Crippen molar-refractivity contribution in [2.75, 3.05) is 17.4 Å². The van der Waals surface area contributed by atoms with E-state index in [-0.39, 0.29) is 18.6 Å². The molecule has 1 heterocycles. The van der Waals surface area contributed by atoms with Crippen LogP contribution in [-0.4, -0.2) is 18.6 Å². The van der Waals surface area contributed by atoms with Crippen LogP contribution in [0, 0.1) is 11.3 Å². The van der Waals surface area contributed by atoms with Crippen molar-refractivity contribution in [3.8, 4) is 17.6 Å². The van der Waals surface area contributed by atoms with Crippen molar-refractivity contribution in [1.29, 1.82) is 5.26 Å². The van der Waals surface area contributed by atoms with Crippen LogP contribution in [-0.2, 0) is 0 Å². The zero-order chi connectivity index (χ0) is 20.2. The van der Waals surface area contributed by atoms with E-state index in [0.717, 1.165) is 0 Å². The summed E-state index contributed by atoms with van der Waals surface area (Å²) >= 11 is 0. The van der Waals surface area contributed by atoms with Crippen LogP contribution in [0.3, 0.4) is 0 Å².